The molecule has 1 aromatic heterocycles. The Balaban J connectivity index is 0.000000415. The summed E-state index contributed by atoms with van der Waals surface area (Å²) in [5.74, 6) is 0. The monoisotopic (exact) mass is 253 g/mol. The minimum Gasteiger partial charge on any atom is -0.317 e. The van der Waals surface area contributed by atoms with Gasteiger partial charge in [0, 0.05) is 11.9 Å². The van der Waals surface area contributed by atoms with Crippen LogP contribution in [0.1, 0.15) is 27.7 Å². The van der Waals surface area contributed by atoms with E-state index >= 15 is 0 Å². The second kappa shape index (κ2) is 8.15. The Morgan fingerprint density at radius 1 is 0.632 bits per heavy atom. The molecule has 0 saturated carbocycles. The number of rotatable bonds is 1. The van der Waals surface area contributed by atoms with Crippen LogP contribution in [-0.2, 0) is 0 Å². The van der Waals surface area contributed by atoms with E-state index in [1.807, 2.05) is 33.8 Å². The van der Waals surface area contributed by atoms with E-state index in [0.29, 0.717) is 0 Å². The molecular weight excluding hydrogens is 230 g/mol. The SMILES string of the molecule is CC.CC.c1ccc(-n2ccc3ccccc32)cc1. The predicted molar refractivity (Wildman–Crippen MR) is 86.0 cm³/mol. The van der Waals surface area contributed by atoms with Crippen LogP contribution in [0.3, 0.4) is 0 Å². The van der Waals surface area contributed by atoms with Gasteiger partial charge in [0.2, 0.25) is 0 Å². The topological polar surface area (TPSA) is 4.93 Å². The van der Waals surface area contributed by atoms with Gasteiger partial charge in [-0.15, -0.1) is 0 Å². The van der Waals surface area contributed by atoms with Crippen molar-refractivity contribution in [2.24, 2.45) is 0 Å². The molecule has 0 N–H and O–H groups in total. The molecule has 0 radical (unpaired) electrons. The van der Waals surface area contributed by atoms with Gasteiger partial charge in [-0.3, -0.25) is 0 Å². The number of fused-ring (bicyclic) bond motifs is 1. The molecule has 2 aromatic carbocycles. The van der Waals surface area contributed by atoms with Crippen molar-refractivity contribution in [2.75, 3.05) is 0 Å². The highest BCUT2D eigenvalue weighted by molar-refractivity contribution is 5.81. The second-order valence-electron chi connectivity index (χ2n) is 3.58. The Morgan fingerprint density at radius 2 is 1.21 bits per heavy atom. The Bertz CT molecular complexity index is 579. The Hall–Kier alpha value is -2.02. The highest BCUT2D eigenvalue weighted by Crippen LogP contribution is 2.19. The summed E-state index contributed by atoms with van der Waals surface area (Å²) >= 11 is 0. The number of hydrogen-bond acceptors (Lipinski definition) is 0. The van der Waals surface area contributed by atoms with Crippen molar-refractivity contribution in [3.05, 3.63) is 66.9 Å². The largest absolute Gasteiger partial charge is 0.317 e. The lowest BCUT2D eigenvalue weighted by Crippen LogP contribution is -1.89. The Morgan fingerprint density at radius 3 is 1.89 bits per heavy atom. The zero-order valence-corrected chi connectivity index (χ0v) is 12.3. The van der Waals surface area contributed by atoms with E-state index in [4.69, 9.17) is 0 Å². The second-order valence-corrected chi connectivity index (χ2v) is 3.58. The van der Waals surface area contributed by atoms with E-state index in [1.54, 1.807) is 0 Å². The van der Waals surface area contributed by atoms with Gasteiger partial charge in [0.25, 0.3) is 0 Å². The van der Waals surface area contributed by atoms with Gasteiger partial charge in [0.1, 0.15) is 0 Å². The number of nitrogens with zero attached hydrogens (tertiary/aromatic N) is 1. The summed E-state index contributed by atoms with van der Waals surface area (Å²) in [6, 6.07) is 20.9. The fourth-order valence-corrected chi connectivity index (χ4v) is 1.90. The highest BCUT2D eigenvalue weighted by Gasteiger charge is 2.00. The molecule has 0 bridgehead atoms. The first-order valence-electron chi connectivity index (χ1n) is 7.07. The van der Waals surface area contributed by atoms with E-state index in [1.165, 1.54) is 16.6 Å². The summed E-state index contributed by atoms with van der Waals surface area (Å²) in [7, 11) is 0. The van der Waals surface area contributed by atoms with Crippen LogP contribution in [-0.4, -0.2) is 4.57 Å². The van der Waals surface area contributed by atoms with Crippen LogP contribution in [0.15, 0.2) is 66.9 Å². The van der Waals surface area contributed by atoms with Crippen LogP contribution in [0.4, 0.5) is 0 Å². The van der Waals surface area contributed by atoms with Gasteiger partial charge in [0.15, 0.2) is 0 Å². The summed E-state index contributed by atoms with van der Waals surface area (Å²) in [6.45, 7) is 8.00. The maximum Gasteiger partial charge on any atom is 0.0528 e. The normalized spacial score (nSPS) is 9.05. The first kappa shape index (κ1) is 15.0. The minimum absolute atomic E-state index is 1.21. The maximum atomic E-state index is 2.20. The molecule has 1 nitrogen and oxygen atoms in total. The van der Waals surface area contributed by atoms with Crippen molar-refractivity contribution in [1.29, 1.82) is 0 Å². The molecule has 0 aliphatic carbocycles. The van der Waals surface area contributed by atoms with Gasteiger partial charge < -0.3 is 4.57 Å². The summed E-state index contributed by atoms with van der Waals surface area (Å²) in [5, 5.41) is 1.28. The third-order valence-electron chi connectivity index (χ3n) is 2.63. The van der Waals surface area contributed by atoms with Crippen molar-refractivity contribution in [3.63, 3.8) is 0 Å². The standard InChI is InChI=1S/C14H11N.2C2H6/c1-2-7-13(8-3-1)15-11-10-12-6-4-5-9-14(12)15;2*1-2/h1-11H;2*1-2H3. The molecule has 0 fully saturated rings. The molecule has 100 valence electrons. The molecule has 1 heteroatoms. The van der Waals surface area contributed by atoms with Crippen molar-refractivity contribution in [1.82, 2.24) is 4.57 Å². The van der Waals surface area contributed by atoms with Gasteiger partial charge in [0.05, 0.1) is 5.52 Å². The van der Waals surface area contributed by atoms with E-state index in [2.05, 4.69) is 65.4 Å². The molecule has 0 aliphatic heterocycles. The van der Waals surface area contributed by atoms with E-state index in [-0.39, 0.29) is 0 Å². The smallest absolute Gasteiger partial charge is 0.0528 e. The van der Waals surface area contributed by atoms with Crippen LogP contribution in [0.5, 0.6) is 0 Å². The Kier molecular flexibility index (Phi) is 6.45. The molecule has 19 heavy (non-hydrogen) atoms. The molecule has 0 aliphatic rings. The zero-order valence-electron chi connectivity index (χ0n) is 12.3. The average molecular weight is 253 g/mol. The molecule has 3 rings (SSSR count). The van der Waals surface area contributed by atoms with E-state index < -0.39 is 0 Å². The summed E-state index contributed by atoms with van der Waals surface area (Å²) < 4.78 is 2.20. The number of para-hydroxylation sites is 2. The fraction of sp³-hybridized carbons (Fsp3) is 0.222. The summed E-state index contributed by atoms with van der Waals surface area (Å²) in [4.78, 5) is 0. The van der Waals surface area contributed by atoms with Gasteiger partial charge >= 0.3 is 0 Å². The quantitative estimate of drug-likeness (QED) is 0.525. The summed E-state index contributed by atoms with van der Waals surface area (Å²) in [6.07, 6.45) is 2.11. The first-order valence-corrected chi connectivity index (χ1v) is 7.07. The van der Waals surface area contributed by atoms with Crippen molar-refractivity contribution in [3.8, 4) is 5.69 Å². The Labute approximate surface area is 116 Å². The lowest BCUT2D eigenvalue weighted by molar-refractivity contribution is 1.13. The fourth-order valence-electron chi connectivity index (χ4n) is 1.90. The van der Waals surface area contributed by atoms with Crippen molar-refractivity contribution >= 4 is 10.9 Å². The molecule has 0 atom stereocenters. The van der Waals surface area contributed by atoms with Crippen LogP contribution in [0.25, 0.3) is 16.6 Å². The molecule has 1 heterocycles. The lowest BCUT2D eigenvalue weighted by Gasteiger charge is -2.04. The average Bonchev–Trinajstić information content (AvgIpc) is 2.96. The van der Waals surface area contributed by atoms with E-state index in [9.17, 15) is 0 Å². The van der Waals surface area contributed by atoms with Crippen molar-refractivity contribution < 1.29 is 0 Å². The molecule has 3 aromatic rings. The van der Waals surface area contributed by atoms with Crippen LogP contribution < -0.4 is 0 Å². The third-order valence-corrected chi connectivity index (χ3v) is 2.63. The molecule has 0 unspecified atom stereocenters. The molecule has 0 amide bonds. The van der Waals surface area contributed by atoms with E-state index in [0.717, 1.165) is 0 Å². The first-order chi connectivity index (χ1) is 9.45. The van der Waals surface area contributed by atoms with Crippen LogP contribution in [0, 0.1) is 0 Å². The zero-order chi connectivity index (χ0) is 14.1. The molecule has 0 saturated heterocycles. The summed E-state index contributed by atoms with van der Waals surface area (Å²) in [5.41, 5.74) is 2.46. The lowest BCUT2D eigenvalue weighted by atomic mass is 10.2. The van der Waals surface area contributed by atoms with Crippen LogP contribution in [0.2, 0.25) is 0 Å². The van der Waals surface area contributed by atoms with Gasteiger partial charge in [-0.25, -0.2) is 0 Å². The number of benzene rings is 2. The van der Waals surface area contributed by atoms with Gasteiger partial charge in [-0.2, -0.15) is 0 Å². The number of aromatic nitrogens is 1. The molecular formula is C18H23N. The third kappa shape index (κ3) is 3.47. The minimum atomic E-state index is 1.21. The maximum absolute atomic E-state index is 2.20. The van der Waals surface area contributed by atoms with Gasteiger partial charge in [-0.05, 0) is 29.7 Å². The number of hydrogen-bond donors (Lipinski definition) is 0. The van der Waals surface area contributed by atoms with Gasteiger partial charge in [-0.1, -0.05) is 64.1 Å². The van der Waals surface area contributed by atoms with Crippen molar-refractivity contribution in [2.45, 2.75) is 27.7 Å². The predicted octanol–water partition coefficient (Wildman–Crippen LogP) is 5.68. The highest BCUT2D eigenvalue weighted by atomic mass is 15.0. The van der Waals surface area contributed by atoms with Crippen LogP contribution >= 0.6 is 0 Å². The molecule has 0 spiro atoms.